The molecule has 8 nitrogen and oxygen atoms in total. The molecule has 45 heavy (non-hydrogen) atoms. The molecule has 0 saturated heterocycles. The van der Waals surface area contributed by atoms with Crippen LogP contribution in [0.4, 0.5) is 0 Å². The van der Waals surface area contributed by atoms with E-state index in [-0.39, 0.29) is 19.8 Å². The quantitative estimate of drug-likeness (QED) is 0.0312. The lowest BCUT2D eigenvalue weighted by Gasteiger charge is -2.24. The summed E-state index contributed by atoms with van der Waals surface area (Å²) in [7, 11) is 1.67. The number of phosphoric ester groups is 1. The Morgan fingerprint density at radius 3 is 1.33 bits per heavy atom. The number of rotatable bonds is 35. The van der Waals surface area contributed by atoms with Crippen LogP contribution >= 0.6 is 7.82 Å². The number of esters is 1. The van der Waals surface area contributed by atoms with Crippen LogP contribution in [0.15, 0.2) is 0 Å². The summed E-state index contributed by atoms with van der Waals surface area (Å²) < 4.78 is 33.6. The molecule has 0 aliphatic carbocycles. The minimum Gasteiger partial charge on any atom is -0.458 e. The molecule has 2 atom stereocenters. The van der Waals surface area contributed by atoms with Gasteiger partial charge in [-0.3, -0.25) is 13.8 Å². The van der Waals surface area contributed by atoms with Crippen molar-refractivity contribution in [3.8, 4) is 0 Å². The van der Waals surface area contributed by atoms with Gasteiger partial charge in [-0.25, -0.2) is 4.57 Å². The summed E-state index contributed by atoms with van der Waals surface area (Å²) in [5.74, 6) is -0.485. The Balaban J connectivity index is 3.52. The van der Waals surface area contributed by atoms with Gasteiger partial charge in [-0.2, -0.15) is 0 Å². The number of carbonyl (C=O) groups is 1. The van der Waals surface area contributed by atoms with Crippen LogP contribution in [0.1, 0.15) is 168 Å². The molecule has 0 bridgehead atoms. The summed E-state index contributed by atoms with van der Waals surface area (Å²) in [6.45, 7) is 4.67. The molecule has 0 saturated carbocycles. The van der Waals surface area contributed by atoms with E-state index in [1.807, 2.05) is 21.1 Å². The number of nitrogens with zero attached hydrogens (tertiary/aromatic N) is 1. The normalized spacial score (nSPS) is 14.0. The third kappa shape index (κ3) is 36.2. The van der Waals surface area contributed by atoms with Gasteiger partial charge in [0.2, 0.25) is 0 Å². The van der Waals surface area contributed by atoms with Gasteiger partial charge in [0.15, 0.2) is 0 Å². The van der Waals surface area contributed by atoms with Gasteiger partial charge in [0.05, 0.1) is 34.4 Å². The molecule has 0 heterocycles. The maximum atomic E-state index is 12.1. The van der Waals surface area contributed by atoms with Crippen LogP contribution in [-0.4, -0.2) is 75.6 Å². The Bertz CT molecular complexity index is 701. The van der Waals surface area contributed by atoms with Gasteiger partial charge < -0.3 is 18.9 Å². The predicted octanol–water partition coefficient (Wildman–Crippen LogP) is 10.2. The summed E-state index contributed by atoms with van der Waals surface area (Å²) in [5, 5.41) is 0. The number of unbranched alkanes of at least 4 members (excludes halogenated alkanes) is 23. The summed E-state index contributed by atoms with van der Waals surface area (Å²) in [6, 6.07) is 0. The van der Waals surface area contributed by atoms with Crippen LogP contribution in [0.5, 0.6) is 0 Å². The third-order valence-corrected chi connectivity index (χ3v) is 9.20. The minimum absolute atomic E-state index is 0.0889. The van der Waals surface area contributed by atoms with Crippen LogP contribution < -0.4 is 0 Å². The lowest BCUT2D eigenvalue weighted by Crippen LogP contribution is -2.37. The van der Waals surface area contributed by atoms with Crippen LogP contribution in [0, 0.1) is 0 Å². The zero-order valence-electron chi connectivity index (χ0n) is 30.4. The topological polar surface area (TPSA) is 91.3 Å². The first-order valence-electron chi connectivity index (χ1n) is 18.7. The number of quaternary nitrogens is 1. The Kier molecular flexibility index (Phi) is 30.5. The van der Waals surface area contributed by atoms with E-state index in [2.05, 4.69) is 6.92 Å². The number of hydrogen-bond donors (Lipinski definition) is 1. The SMILES string of the molecule is CCCCCCCCCCCCCCCCCCCCCCCCCCOCC(COP(=O)(O)OCC[N+](C)(C)C)OC(C)=O. The van der Waals surface area contributed by atoms with Crippen molar-refractivity contribution >= 4 is 13.8 Å². The molecule has 0 spiro atoms. The van der Waals surface area contributed by atoms with Crippen molar-refractivity contribution in [2.45, 2.75) is 174 Å². The number of hydrogen-bond acceptors (Lipinski definition) is 6. The molecule has 0 amide bonds. The summed E-state index contributed by atoms with van der Waals surface area (Å²) in [4.78, 5) is 21.3. The highest BCUT2D eigenvalue weighted by Gasteiger charge is 2.25. The molecule has 0 aromatic rings. The van der Waals surface area contributed by atoms with E-state index in [0.717, 1.165) is 12.8 Å². The monoisotopic (exact) mass is 665 g/mol. The predicted molar refractivity (Wildman–Crippen MR) is 187 cm³/mol. The van der Waals surface area contributed by atoms with Crippen molar-refractivity contribution in [2.75, 3.05) is 54.1 Å². The zero-order valence-corrected chi connectivity index (χ0v) is 31.3. The highest BCUT2D eigenvalue weighted by atomic mass is 31.2. The van der Waals surface area contributed by atoms with Crippen molar-refractivity contribution in [1.82, 2.24) is 0 Å². The molecule has 1 N–H and O–H groups in total. The fourth-order valence-electron chi connectivity index (χ4n) is 5.38. The van der Waals surface area contributed by atoms with E-state index in [1.54, 1.807) is 0 Å². The molecule has 9 heteroatoms. The van der Waals surface area contributed by atoms with Crippen LogP contribution in [0.25, 0.3) is 0 Å². The fraction of sp³-hybridized carbons (Fsp3) is 0.972. The standard InChI is InChI=1S/C36H74NO7P/c1-6-7-8-9-10-11-12-13-14-15-16-17-18-19-20-21-22-23-24-25-26-27-28-29-31-41-33-36(44-35(2)38)34-43-45(39,40)42-32-30-37(3,4)5/h36H,6-34H2,1-5H3/p+1. The molecule has 0 fully saturated rings. The molecule has 0 radical (unpaired) electrons. The summed E-state index contributed by atoms with van der Waals surface area (Å²) in [6.07, 6.45) is 32.0. The number of ether oxygens (including phenoxy) is 2. The molecule has 2 unspecified atom stereocenters. The summed E-state index contributed by atoms with van der Waals surface area (Å²) in [5.41, 5.74) is 0. The highest BCUT2D eigenvalue weighted by molar-refractivity contribution is 7.47. The smallest absolute Gasteiger partial charge is 0.458 e. The first kappa shape index (κ1) is 44.5. The van der Waals surface area contributed by atoms with E-state index >= 15 is 0 Å². The summed E-state index contributed by atoms with van der Waals surface area (Å²) >= 11 is 0. The van der Waals surface area contributed by atoms with Crippen molar-refractivity contribution in [3.63, 3.8) is 0 Å². The lowest BCUT2D eigenvalue weighted by molar-refractivity contribution is -0.870. The average molecular weight is 665 g/mol. The highest BCUT2D eigenvalue weighted by Crippen LogP contribution is 2.43. The molecule has 0 aromatic carbocycles. The first-order chi connectivity index (χ1) is 21.6. The van der Waals surface area contributed by atoms with Gasteiger partial charge in [-0.15, -0.1) is 0 Å². The van der Waals surface area contributed by atoms with Gasteiger partial charge in [0.25, 0.3) is 0 Å². The minimum atomic E-state index is -4.22. The molecule has 0 rings (SSSR count). The largest absolute Gasteiger partial charge is 0.472 e. The number of carbonyl (C=O) groups excluding carboxylic acids is 1. The van der Waals surface area contributed by atoms with Crippen molar-refractivity contribution in [1.29, 1.82) is 0 Å². The van der Waals surface area contributed by atoms with Gasteiger partial charge in [-0.1, -0.05) is 155 Å². The van der Waals surface area contributed by atoms with E-state index in [0.29, 0.717) is 17.6 Å². The molecular weight excluding hydrogens is 589 g/mol. The Morgan fingerprint density at radius 2 is 0.978 bits per heavy atom. The van der Waals surface area contributed by atoms with Gasteiger partial charge in [-0.05, 0) is 6.42 Å². The second-order valence-electron chi connectivity index (χ2n) is 14.0. The van der Waals surface area contributed by atoms with E-state index < -0.39 is 19.9 Å². The second kappa shape index (κ2) is 30.8. The van der Waals surface area contributed by atoms with Crippen LogP contribution in [0.2, 0.25) is 0 Å². The van der Waals surface area contributed by atoms with Crippen LogP contribution in [-0.2, 0) is 27.9 Å². The Labute approximate surface area is 278 Å². The van der Waals surface area contributed by atoms with E-state index in [9.17, 15) is 14.3 Å². The molecule has 0 aromatic heterocycles. The van der Waals surface area contributed by atoms with Crippen molar-refractivity contribution in [2.24, 2.45) is 0 Å². The van der Waals surface area contributed by atoms with Gasteiger partial charge in [0, 0.05) is 13.5 Å². The van der Waals surface area contributed by atoms with Crippen molar-refractivity contribution in [3.05, 3.63) is 0 Å². The van der Waals surface area contributed by atoms with Gasteiger partial charge in [0.1, 0.15) is 19.3 Å². The van der Waals surface area contributed by atoms with Crippen LogP contribution in [0.3, 0.4) is 0 Å². The maximum Gasteiger partial charge on any atom is 0.472 e. The Morgan fingerprint density at radius 1 is 0.600 bits per heavy atom. The fourth-order valence-corrected chi connectivity index (χ4v) is 6.12. The number of likely N-dealkylation sites (N-methyl/N-ethyl adjacent to an activating group) is 1. The van der Waals surface area contributed by atoms with E-state index in [1.165, 1.54) is 148 Å². The number of phosphoric acid groups is 1. The molecule has 0 aliphatic rings. The molecule has 270 valence electrons. The molecule has 0 aliphatic heterocycles. The first-order valence-corrected chi connectivity index (χ1v) is 20.2. The average Bonchev–Trinajstić information content (AvgIpc) is 2.96. The maximum absolute atomic E-state index is 12.1. The second-order valence-corrected chi connectivity index (χ2v) is 15.5. The lowest BCUT2D eigenvalue weighted by atomic mass is 10.0. The zero-order chi connectivity index (χ0) is 33.5. The van der Waals surface area contributed by atoms with Crippen molar-refractivity contribution < 1.29 is 37.3 Å². The molecular formula is C36H75NO7P+. The third-order valence-electron chi connectivity index (χ3n) is 8.22. The Hall–Kier alpha value is -0.500. The van der Waals surface area contributed by atoms with Gasteiger partial charge >= 0.3 is 13.8 Å². The van der Waals surface area contributed by atoms with E-state index in [4.69, 9.17) is 18.5 Å².